The van der Waals surface area contributed by atoms with Crippen LogP contribution in [0.1, 0.15) is 43.2 Å². The van der Waals surface area contributed by atoms with Crippen LogP contribution in [0.25, 0.3) is 11.1 Å². The third-order valence-corrected chi connectivity index (χ3v) is 4.12. The minimum absolute atomic E-state index is 1.23. The molecule has 0 N–H and O–H groups in total. The van der Waals surface area contributed by atoms with Gasteiger partial charge in [0.1, 0.15) is 0 Å². The van der Waals surface area contributed by atoms with Gasteiger partial charge in [0, 0.05) is 0 Å². The minimum atomic E-state index is 1.23. The summed E-state index contributed by atoms with van der Waals surface area (Å²) in [5.41, 5.74) is 5.72. The molecule has 98 valence electrons. The van der Waals surface area contributed by atoms with Gasteiger partial charge in [-0.1, -0.05) is 67.8 Å². The van der Waals surface area contributed by atoms with Crippen molar-refractivity contribution in [1.29, 1.82) is 0 Å². The Bertz CT molecular complexity index is 490. The molecule has 0 aromatic heterocycles. The second kappa shape index (κ2) is 6.06. The summed E-state index contributed by atoms with van der Waals surface area (Å²) in [6.07, 6.45) is 9.27. The van der Waals surface area contributed by atoms with Crippen LogP contribution in [0.5, 0.6) is 0 Å². The Kier molecular flexibility index (Phi) is 3.98. The first kappa shape index (κ1) is 12.5. The van der Waals surface area contributed by atoms with E-state index in [1.165, 1.54) is 67.2 Å². The molecule has 19 heavy (non-hydrogen) atoms. The maximum Gasteiger partial charge on any atom is -0.0181 e. The summed E-state index contributed by atoms with van der Waals surface area (Å²) in [5, 5.41) is 0. The topological polar surface area (TPSA) is 0 Å². The van der Waals surface area contributed by atoms with E-state index in [2.05, 4.69) is 48.5 Å². The molecule has 0 radical (unpaired) electrons. The van der Waals surface area contributed by atoms with Crippen LogP contribution in [0.2, 0.25) is 0 Å². The SMILES string of the molecule is c1cc2cc(c1)-c1cccc(c1)CCCCCCC2. The lowest BCUT2D eigenvalue weighted by Crippen LogP contribution is -1.87. The summed E-state index contributed by atoms with van der Waals surface area (Å²) < 4.78 is 0. The Balaban J connectivity index is 1.96. The van der Waals surface area contributed by atoms with Gasteiger partial charge in [0.2, 0.25) is 0 Å². The van der Waals surface area contributed by atoms with Crippen LogP contribution in [0.4, 0.5) is 0 Å². The fraction of sp³-hybridized carbons (Fsp3) is 0.368. The molecule has 0 saturated carbocycles. The zero-order valence-electron chi connectivity index (χ0n) is 11.6. The van der Waals surface area contributed by atoms with E-state index in [-0.39, 0.29) is 0 Å². The van der Waals surface area contributed by atoms with E-state index >= 15 is 0 Å². The van der Waals surface area contributed by atoms with Gasteiger partial charge in [-0.15, -0.1) is 0 Å². The molecule has 0 atom stereocenters. The van der Waals surface area contributed by atoms with Gasteiger partial charge in [0.25, 0.3) is 0 Å². The molecule has 1 aliphatic carbocycles. The fourth-order valence-corrected chi connectivity index (χ4v) is 3.00. The molecule has 0 spiro atoms. The van der Waals surface area contributed by atoms with Crippen molar-refractivity contribution in [2.24, 2.45) is 0 Å². The molecular weight excluding hydrogens is 228 g/mol. The molecular formula is C19H22. The van der Waals surface area contributed by atoms with E-state index < -0.39 is 0 Å². The largest absolute Gasteiger partial charge is 0.0614 e. The van der Waals surface area contributed by atoms with Crippen LogP contribution in [0.15, 0.2) is 48.5 Å². The summed E-state index contributed by atoms with van der Waals surface area (Å²) in [6.45, 7) is 0. The first-order valence-corrected chi connectivity index (χ1v) is 7.60. The minimum Gasteiger partial charge on any atom is -0.0614 e. The van der Waals surface area contributed by atoms with Gasteiger partial charge in [0.15, 0.2) is 0 Å². The molecule has 0 amide bonds. The van der Waals surface area contributed by atoms with Gasteiger partial charge >= 0.3 is 0 Å². The number of hydrogen-bond donors (Lipinski definition) is 0. The Hall–Kier alpha value is -1.56. The molecule has 0 heterocycles. The Morgan fingerprint density at radius 3 is 1.53 bits per heavy atom. The summed E-state index contributed by atoms with van der Waals surface area (Å²) in [7, 11) is 0. The lowest BCUT2D eigenvalue weighted by atomic mass is 9.98. The van der Waals surface area contributed by atoms with Crippen LogP contribution in [0.3, 0.4) is 0 Å². The van der Waals surface area contributed by atoms with Gasteiger partial charge in [0.05, 0.1) is 0 Å². The molecule has 2 aromatic carbocycles. The number of hydrogen-bond acceptors (Lipinski definition) is 0. The van der Waals surface area contributed by atoms with Crippen molar-refractivity contribution < 1.29 is 0 Å². The van der Waals surface area contributed by atoms with Crippen LogP contribution in [-0.2, 0) is 12.8 Å². The van der Waals surface area contributed by atoms with Crippen molar-refractivity contribution in [3.05, 3.63) is 59.7 Å². The summed E-state index contributed by atoms with van der Waals surface area (Å²) >= 11 is 0. The van der Waals surface area contributed by atoms with Crippen molar-refractivity contribution >= 4 is 0 Å². The van der Waals surface area contributed by atoms with E-state index in [1.807, 2.05) is 0 Å². The normalized spacial score (nSPS) is 16.0. The third-order valence-electron chi connectivity index (χ3n) is 4.12. The van der Waals surface area contributed by atoms with E-state index in [4.69, 9.17) is 0 Å². The van der Waals surface area contributed by atoms with Gasteiger partial charge < -0.3 is 0 Å². The molecule has 0 saturated heterocycles. The number of benzene rings is 2. The monoisotopic (exact) mass is 250 g/mol. The predicted molar refractivity (Wildman–Crippen MR) is 82.4 cm³/mol. The van der Waals surface area contributed by atoms with Crippen molar-refractivity contribution in [3.8, 4) is 11.1 Å². The summed E-state index contributed by atoms with van der Waals surface area (Å²) in [5.74, 6) is 0. The second-order valence-electron chi connectivity index (χ2n) is 5.67. The number of fused-ring (bicyclic) bond motifs is 5. The zero-order valence-corrected chi connectivity index (χ0v) is 11.6. The quantitative estimate of drug-likeness (QED) is 0.587. The van der Waals surface area contributed by atoms with Crippen molar-refractivity contribution in [2.75, 3.05) is 0 Å². The van der Waals surface area contributed by atoms with Crippen molar-refractivity contribution in [1.82, 2.24) is 0 Å². The number of rotatable bonds is 0. The predicted octanol–water partition coefficient (Wildman–Crippen LogP) is 5.40. The van der Waals surface area contributed by atoms with Crippen molar-refractivity contribution in [3.63, 3.8) is 0 Å². The molecule has 0 aliphatic heterocycles. The second-order valence-corrected chi connectivity index (χ2v) is 5.67. The van der Waals surface area contributed by atoms with Crippen LogP contribution < -0.4 is 0 Å². The molecule has 3 rings (SSSR count). The lowest BCUT2D eigenvalue weighted by molar-refractivity contribution is 0.614. The Morgan fingerprint density at radius 1 is 0.526 bits per heavy atom. The van der Waals surface area contributed by atoms with E-state index in [0.29, 0.717) is 0 Å². The zero-order chi connectivity index (χ0) is 12.9. The molecule has 4 bridgehead atoms. The first-order chi connectivity index (χ1) is 9.42. The lowest BCUT2D eigenvalue weighted by Gasteiger charge is -2.07. The molecule has 0 heteroatoms. The maximum absolute atomic E-state index is 2.37. The van der Waals surface area contributed by atoms with Crippen molar-refractivity contribution in [2.45, 2.75) is 44.9 Å². The highest BCUT2D eigenvalue weighted by molar-refractivity contribution is 5.65. The number of aryl methyl sites for hydroxylation is 2. The average molecular weight is 250 g/mol. The molecule has 0 nitrogen and oxygen atoms in total. The third kappa shape index (κ3) is 3.26. The maximum atomic E-state index is 2.37. The standard InChI is InChI=1S/C19H22/c1-2-4-8-16-10-6-12-18(14-16)19-13-7-11-17(15-19)9-5-3-1/h6-7,10-15H,1-5,8-9H2. The fourth-order valence-electron chi connectivity index (χ4n) is 3.00. The highest BCUT2D eigenvalue weighted by Crippen LogP contribution is 2.24. The molecule has 1 aliphatic rings. The van der Waals surface area contributed by atoms with Crippen LogP contribution in [0, 0.1) is 0 Å². The summed E-state index contributed by atoms with van der Waals surface area (Å²) in [6, 6.07) is 18.2. The average Bonchev–Trinajstić information content (AvgIpc) is 2.47. The smallest absolute Gasteiger partial charge is 0.0181 e. The van der Waals surface area contributed by atoms with E-state index in [0.717, 1.165) is 0 Å². The van der Waals surface area contributed by atoms with E-state index in [1.54, 1.807) is 0 Å². The van der Waals surface area contributed by atoms with Gasteiger partial charge in [-0.05, 0) is 47.9 Å². The van der Waals surface area contributed by atoms with Gasteiger partial charge in [-0.25, -0.2) is 0 Å². The Labute approximate surface area is 116 Å². The molecule has 0 unspecified atom stereocenters. The first-order valence-electron chi connectivity index (χ1n) is 7.60. The van der Waals surface area contributed by atoms with Crippen LogP contribution >= 0.6 is 0 Å². The van der Waals surface area contributed by atoms with Gasteiger partial charge in [-0.2, -0.15) is 0 Å². The highest BCUT2D eigenvalue weighted by Gasteiger charge is 2.03. The Morgan fingerprint density at radius 2 is 1.00 bits per heavy atom. The summed E-state index contributed by atoms with van der Waals surface area (Å²) in [4.78, 5) is 0. The highest BCUT2D eigenvalue weighted by atomic mass is 14.1. The van der Waals surface area contributed by atoms with Gasteiger partial charge in [-0.3, -0.25) is 0 Å². The molecule has 0 fully saturated rings. The van der Waals surface area contributed by atoms with E-state index in [9.17, 15) is 0 Å². The van der Waals surface area contributed by atoms with Crippen LogP contribution in [-0.4, -0.2) is 0 Å². The molecule has 2 aromatic rings.